The van der Waals surface area contributed by atoms with Crippen molar-refractivity contribution in [2.45, 2.75) is 31.0 Å². The van der Waals surface area contributed by atoms with Crippen LogP contribution in [0, 0.1) is 0 Å². The molecule has 0 radical (unpaired) electrons. The Labute approximate surface area is 70.5 Å². The van der Waals surface area contributed by atoms with Gasteiger partial charge in [0.2, 0.25) is 0 Å². The Hall–Kier alpha value is -0.200. The zero-order valence-corrected chi connectivity index (χ0v) is 6.88. The molecular formula is C7H14O5. The highest BCUT2D eigenvalue weighted by atomic mass is 16.7. The summed E-state index contributed by atoms with van der Waals surface area (Å²) < 4.78 is 9.83. The molecular weight excluding hydrogens is 164 g/mol. The number of aliphatic hydroxyl groups excluding tert-OH is 3. The van der Waals surface area contributed by atoms with Gasteiger partial charge < -0.3 is 24.8 Å². The molecule has 0 spiro atoms. The maximum Gasteiger partial charge on any atom is 0.183 e. The van der Waals surface area contributed by atoms with Crippen LogP contribution in [0.5, 0.6) is 0 Å². The fourth-order valence-electron chi connectivity index (χ4n) is 1.24. The zero-order chi connectivity index (χ0) is 9.14. The van der Waals surface area contributed by atoms with Crippen molar-refractivity contribution in [3.63, 3.8) is 0 Å². The van der Waals surface area contributed by atoms with Crippen molar-refractivity contribution < 1.29 is 24.8 Å². The molecule has 1 rings (SSSR count). The van der Waals surface area contributed by atoms with Crippen LogP contribution in [-0.4, -0.2) is 53.6 Å². The van der Waals surface area contributed by atoms with Gasteiger partial charge in [0.05, 0.1) is 12.7 Å². The van der Waals surface area contributed by atoms with Crippen LogP contribution < -0.4 is 0 Å². The summed E-state index contributed by atoms with van der Waals surface area (Å²) >= 11 is 0. The topological polar surface area (TPSA) is 79.2 Å². The zero-order valence-electron chi connectivity index (χ0n) is 6.88. The van der Waals surface area contributed by atoms with Gasteiger partial charge in [-0.3, -0.25) is 0 Å². The van der Waals surface area contributed by atoms with Crippen LogP contribution in [0.2, 0.25) is 0 Å². The molecule has 1 saturated heterocycles. The van der Waals surface area contributed by atoms with Crippen LogP contribution in [0.15, 0.2) is 0 Å². The normalized spacial score (nSPS) is 43.0. The molecule has 12 heavy (non-hydrogen) atoms. The van der Waals surface area contributed by atoms with Gasteiger partial charge in [-0.25, -0.2) is 0 Å². The standard InChI is InChI=1S/C7H14O5/c1-11-7-5(10)2-4(9)6(3-8)12-7/h4-10H,2-3H2,1H3/t4-,5?,6?,7+/m0/s1. The molecule has 4 atom stereocenters. The average Bonchev–Trinajstić information content (AvgIpc) is 2.05. The summed E-state index contributed by atoms with van der Waals surface area (Å²) in [5.41, 5.74) is 0. The molecule has 0 aromatic rings. The lowest BCUT2D eigenvalue weighted by atomic mass is 10.0. The van der Waals surface area contributed by atoms with E-state index in [4.69, 9.17) is 14.6 Å². The molecule has 72 valence electrons. The Bertz CT molecular complexity index is 126. The maximum absolute atomic E-state index is 9.26. The third-order valence-corrected chi connectivity index (χ3v) is 1.95. The van der Waals surface area contributed by atoms with Crippen molar-refractivity contribution in [2.24, 2.45) is 0 Å². The van der Waals surface area contributed by atoms with Gasteiger partial charge in [0, 0.05) is 13.5 Å². The summed E-state index contributed by atoms with van der Waals surface area (Å²) in [6.45, 7) is -0.270. The monoisotopic (exact) mass is 178 g/mol. The fourth-order valence-corrected chi connectivity index (χ4v) is 1.24. The summed E-state index contributed by atoms with van der Waals surface area (Å²) in [4.78, 5) is 0. The van der Waals surface area contributed by atoms with E-state index in [1.165, 1.54) is 7.11 Å². The predicted molar refractivity (Wildman–Crippen MR) is 39.4 cm³/mol. The Morgan fingerprint density at radius 3 is 2.58 bits per heavy atom. The van der Waals surface area contributed by atoms with Crippen LogP contribution in [0.4, 0.5) is 0 Å². The van der Waals surface area contributed by atoms with Gasteiger partial charge in [-0.1, -0.05) is 0 Å². The molecule has 1 aliphatic heterocycles. The van der Waals surface area contributed by atoms with Gasteiger partial charge >= 0.3 is 0 Å². The lowest BCUT2D eigenvalue weighted by molar-refractivity contribution is -0.261. The summed E-state index contributed by atoms with van der Waals surface area (Å²) in [5, 5.41) is 27.3. The molecule has 1 aliphatic rings. The molecule has 0 amide bonds. The highest BCUT2D eigenvalue weighted by Crippen LogP contribution is 2.20. The second-order valence-electron chi connectivity index (χ2n) is 2.83. The van der Waals surface area contributed by atoms with Gasteiger partial charge in [0.25, 0.3) is 0 Å². The second-order valence-corrected chi connectivity index (χ2v) is 2.83. The number of hydrogen-bond donors (Lipinski definition) is 3. The van der Waals surface area contributed by atoms with E-state index in [9.17, 15) is 10.2 Å². The molecule has 5 heteroatoms. The van der Waals surface area contributed by atoms with Crippen molar-refractivity contribution in [3.8, 4) is 0 Å². The van der Waals surface area contributed by atoms with Crippen LogP contribution in [0.1, 0.15) is 6.42 Å². The molecule has 0 bridgehead atoms. The van der Waals surface area contributed by atoms with Crippen molar-refractivity contribution in [1.82, 2.24) is 0 Å². The number of hydrogen-bond acceptors (Lipinski definition) is 5. The molecule has 0 aliphatic carbocycles. The third kappa shape index (κ3) is 1.94. The third-order valence-electron chi connectivity index (χ3n) is 1.95. The summed E-state index contributed by atoms with van der Waals surface area (Å²) in [5.74, 6) is 0. The number of methoxy groups -OCH3 is 1. The summed E-state index contributed by atoms with van der Waals surface area (Å²) in [6.07, 6.45) is -2.88. The van der Waals surface area contributed by atoms with Crippen LogP contribution in [0.3, 0.4) is 0 Å². The van der Waals surface area contributed by atoms with Gasteiger partial charge in [0.15, 0.2) is 6.29 Å². The molecule has 2 unspecified atom stereocenters. The van der Waals surface area contributed by atoms with Crippen molar-refractivity contribution in [3.05, 3.63) is 0 Å². The first kappa shape index (κ1) is 9.88. The van der Waals surface area contributed by atoms with Crippen LogP contribution in [0.25, 0.3) is 0 Å². The molecule has 3 N–H and O–H groups in total. The number of aliphatic hydroxyl groups is 3. The largest absolute Gasteiger partial charge is 0.394 e. The van der Waals surface area contributed by atoms with Crippen LogP contribution >= 0.6 is 0 Å². The minimum absolute atomic E-state index is 0.170. The minimum Gasteiger partial charge on any atom is -0.394 e. The quantitative estimate of drug-likeness (QED) is 0.477. The van der Waals surface area contributed by atoms with E-state index in [0.29, 0.717) is 0 Å². The van der Waals surface area contributed by atoms with E-state index in [1.807, 2.05) is 0 Å². The van der Waals surface area contributed by atoms with Crippen molar-refractivity contribution in [1.29, 1.82) is 0 Å². The Kier molecular flexibility index (Phi) is 3.42. The lowest BCUT2D eigenvalue weighted by Crippen LogP contribution is -2.49. The van der Waals surface area contributed by atoms with E-state index in [2.05, 4.69) is 0 Å². The van der Waals surface area contributed by atoms with Crippen LogP contribution in [-0.2, 0) is 9.47 Å². The number of ether oxygens (including phenoxy) is 2. The predicted octanol–water partition coefficient (Wildman–Crippen LogP) is -1.54. The van der Waals surface area contributed by atoms with Crippen molar-refractivity contribution >= 4 is 0 Å². The Balaban J connectivity index is 2.50. The van der Waals surface area contributed by atoms with E-state index in [-0.39, 0.29) is 13.0 Å². The first-order valence-electron chi connectivity index (χ1n) is 3.84. The second kappa shape index (κ2) is 4.15. The molecule has 0 aromatic heterocycles. The lowest BCUT2D eigenvalue weighted by Gasteiger charge is -2.35. The average molecular weight is 178 g/mol. The SMILES string of the molecule is CO[C@@H]1OC(CO)[C@@H](O)CC1O. The van der Waals surface area contributed by atoms with E-state index < -0.39 is 24.6 Å². The van der Waals surface area contributed by atoms with Gasteiger partial charge in [-0.15, -0.1) is 0 Å². The highest BCUT2D eigenvalue weighted by Gasteiger charge is 2.35. The Morgan fingerprint density at radius 2 is 2.08 bits per heavy atom. The first-order valence-corrected chi connectivity index (χ1v) is 3.84. The summed E-state index contributed by atoms with van der Waals surface area (Å²) in [6, 6.07) is 0. The first-order chi connectivity index (χ1) is 5.69. The highest BCUT2D eigenvalue weighted by molar-refractivity contribution is 4.80. The van der Waals surface area contributed by atoms with Gasteiger partial charge in [-0.05, 0) is 0 Å². The van der Waals surface area contributed by atoms with Gasteiger partial charge in [0.1, 0.15) is 12.2 Å². The summed E-state index contributed by atoms with van der Waals surface area (Å²) in [7, 11) is 1.40. The Morgan fingerprint density at radius 1 is 1.42 bits per heavy atom. The van der Waals surface area contributed by atoms with Gasteiger partial charge in [-0.2, -0.15) is 0 Å². The number of rotatable bonds is 2. The van der Waals surface area contributed by atoms with E-state index >= 15 is 0 Å². The molecule has 1 fully saturated rings. The maximum atomic E-state index is 9.26. The fraction of sp³-hybridized carbons (Fsp3) is 1.00. The molecule has 1 heterocycles. The van der Waals surface area contributed by atoms with E-state index in [0.717, 1.165) is 0 Å². The molecule has 0 saturated carbocycles. The van der Waals surface area contributed by atoms with E-state index in [1.54, 1.807) is 0 Å². The minimum atomic E-state index is -0.826. The smallest absolute Gasteiger partial charge is 0.183 e. The molecule has 0 aromatic carbocycles. The van der Waals surface area contributed by atoms with Crippen molar-refractivity contribution in [2.75, 3.05) is 13.7 Å². The molecule has 5 nitrogen and oxygen atoms in total.